The molecule has 2 heterocycles. The number of anilines is 1. The Bertz CT molecular complexity index is 1150. The zero-order chi connectivity index (χ0) is 20.2. The molecule has 144 valence electrons. The molecular weight excluding hydrogens is 366 g/mol. The summed E-state index contributed by atoms with van der Waals surface area (Å²) >= 11 is 0. The predicted octanol–water partition coefficient (Wildman–Crippen LogP) is 3.07. The summed E-state index contributed by atoms with van der Waals surface area (Å²) in [5.74, 6) is 0.0203. The molecule has 2 amide bonds. The highest BCUT2D eigenvalue weighted by atomic mass is 16.2. The smallest absolute Gasteiger partial charge is 0.251 e. The van der Waals surface area contributed by atoms with Crippen LogP contribution in [0.4, 0.5) is 5.69 Å². The molecule has 0 aliphatic carbocycles. The minimum atomic E-state index is -0.300. The second-order valence-electron chi connectivity index (χ2n) is 6.58. The SMILES string of the molecule is Cc1ccc(-c2cn3cccnc3n2)cc1NC(=O)CNC(=O)c1ccccc1. The Labute approximate surface area is 167 Å². The fourth-order valence-corrected chi connectivity index (χ4v) is 2.93. The molecule has 2 aromatic carbocycles. The molecule has 0 spiro atoms. The summed E-state index contributed by atoms with van der Waals surface area (Å²) in [5.41, 5.74) is 3.73. The molecule has 2 N–H and O–H groups in total. The second-order valence-corrected chi connectivity index (χ2v) is 6.58. The number of fused-ring (bicyclic) bond motifs is 1. The van der Waals surface area contributed by atoms with Gasteiger partial charge in [0, 0.05) is 35.4 Å². The quantitative estimate of drug-likeness (QED) is 0.553. The standard InChI is InChI=1S/C22H19N5O2/c1-15-8-9-17(19-14-27-11-5-10-23-22(27)26-19)12-18(15)25-20(28)13-24-21(29)16-6-3-2-4-7-16/h2-12,14H,13H2,1H3,(H,24,29)(H,25,28). The fraction of sp³-hybridized carbons (Fsp3) is 0.0909. The molecule has 0 radical (unpaired) electrons. The van der Waals surface area contributed by atoms with Crippen molar-refractivity contribution in [1.29, 1.82) is 0 Å². The van der Waals surface area contributed by atoms with Crippen LogP contribution in [0.5, 0.6) is 0 Å². The normalized spacial score (nSPS) is 10.7. The average Bonchev–Trinajstić information content (AvgIpc) is 3.18. The molecule has 0 bridgehead atoms. The summed E-state index contributed by atoms with van der Waals surface area (Å²) in [5, 5.41) is 5.48. The van der Waals surface area contributed by atoms with Crippen LogP contribution < -0.4 is 10.6 Å². The number of aryl methyl sites for hydroxylation is 1. The molecule has 0 unspecified atom stereocenters. The van der Waals surface area contributed by atoms with E-state index in [1.807, 2.05) is 54.0 Å². The van der Waals surface area contributed by atoms with E-state index in [-0.39, 0.29) is 18.4 Å². The zero-order valence-electron chi connectivity index (χ0n) is 15.8. The van der Waals surface area contributed by atoms with Crippen LogP contribution in [0.1, 0.15) is 15.9 Å². The number of carbonyl (C=O) groups is 2. The Morgan fingerprint density at radius 2 is 1.90 bits per heavy atom. The maximum absolute atomic E-state index is 12.3. The monoisotopic (exact) mass is 385 g/mol. The van der Waals surface area contributed by atoms with Gasteiger partial charge in [0.15, 0.2) is 0 Å². The van der Waals surface area contributed by atoms with E-state index < -0.39 is 0 Å². The van der Waals surface area contributed by atoms with Crippen molar-refractivity contribution in [2.45, 2.75) is 6.92 Å². The van der Waals surface area contributed by atoms with Crippen molar-refractivity contribution in [3.8, 4) is 11.3 Å². The second kappa shape index (κ2) is 7.93. The molecule has 4 aromatic rings. The van der Waals surface area contributed by atoms with Gasteiger partial charge in [0.1, 0.15) is 0 Å². The number of imidazole rings is 1. The number of nitrogens with one attached hydrogen (secondary N) is 2. The van der Waals surface area contributed by atoms with Gasteiger partial charge in [-0.25, -0.2) is 9.97 Å². The van der Waals surface area contributed by atoms with Gasteiger partial charge in [-0.15, -0.1) is 0 Å². The van der Waals surface area contributed by atoms with Crippen molar-refractivity contribution in [3.05, 3.63) is 84.3 Å². The third kappa shape index (κ3) is 4.14. The van der Waals surface area contributed by atoms with E-state index in [4.69, 9.17) is 0 Å². The first-order valence-corrected chi connectivity index (χ1v) is 9.14. The van der Waals surface area contributed by atoms with E-state index in [2.05, 4.69) is 20.6 Å². The average molecular weight is 385 g/mol. The van der Waals surface area contributed by atoms with Crippen LogP contribution in [0.2, 0.25) is 0 Å². The van der Waals surface area contributed by atoms with Gasteiger partial charge in [-0.3, -0.25) is 14.0 Å². The van der Waals surface area contributed by atoms with Crippen molar-refractivity contribution in [3.63, 3.8) is 0 Å². The van der Waals surface area contributed by atoms with Gasteiger partial charge in [0.2, 0.25) is 11.7 Å². The minimum absolute atomic E-state index is 0.115. The maximum atomic E-state index is 12.3. The highest BCUT2D eigenvalue weighted by Crippen LogP contribution is 2.25. The van der Waals surface area contributed by atoms with E-state index in [0.717, 1.165) is 16.8 Å². The van der Waals surface area contributed by atoms with E-state index in [9.17, 15) is 9.59 Å². The number of aromatic nitrogens is 3. The van der Waals surface area contributed by atoms with E-state index >= 15 is 0 Å². The van der Waals surface area contributed by atoms with Crippen LogP contribution in [0.25, 0.3) is 17.0 Å². The number of carbonyl (C=O) groups excluding carboxylic acids is 2. The molecule has 2 aromatic heterocycles. The third-order valence-electron chi connectivity index (χ3n) is 4.49. The number of amides is 2. The molecular formula is C22H19N5O2. The van der Waals surface area contributed by atoms with Gasteiger partial charge in [-0.05, 0) is 36.8 Å². The molecule has 4 rings (SSSR count). The molecule has 0 aliphatic rings. The van der Waals surface area contributed by atoms with Crippen LogP contribution >= 0.6 is 0 Å². The fourth-order valence-electron chi connectivity index (χ4n) is 2.93. The van der Waals surface area contributed by atoms with Crippen molar-refractivity contribution < 1.29 is 9.59 Å². The highest BCUT2D eigenvalue weighted by Gasteiger charge is 2.11. The lowest BCUT2D eigenvalue weighted by Crippen LogP contribution is -2.32. The van der Waals surface area contributed by atoms with Crippen molar-refractivity contribution in [2.24, 2.45) is 0 Å². The van der Waals surface area contributed by atoms with Gasteiger partial charge in [-0.2, -0.15) is 0 Å². The minimum Gasteiger partial charge on any atom is -0.343 e. The Kier molecular flexibility index (Phi) is 5.03. The van der Waals surface area contributed by atoms with Crippen LogP contribution in [-0.2, 0) is 4.79 Å². The first-order chi connectivity index (χ1) is 14.1. The summed E-state index contributed by atoms with van der Waals surface area (Å²) in [4.78, 5) is 33.2. The van der Waals surface area contributed by atoms with E-state index in [0.29, 0.717) is 17.0 Å². The lowest BCUT2D eigenvalue weighted by atomic mass is 10.1. The number of benzene rings is 2. The molecule has 0 atom stereocenters. The summed E-state index contributed by atoms with van der Waals surface area (Å²) < 4.78 is 1.84. The summed E-state index contributed by atoms with van der Waals surface area (Å²) in [6.45, 7) is 1.79. The van der Waals surface area contributed by atoms with E-state index in [1.165, 1.54) is 0 Å². The first-order valence-electron chi connectivity index (χ1n) is 9.14. The van der Waals surface area contributed by atoms with Gasteiger partial charge < -0.3 is 10.6 Å². The number of rotatable bonds is 5. The summed E-state index contributed by atoms with van der Waals surface area (Å²) in [6.07, 6.45) is 5.46. The van der Waals surface area contributed by atoms with Gasteiger partial charge in [-0.1, -0.05) is 30.3 Å². The molecule has 0 fully saturated rings. The van der Waals surface area contributed by atoms with Crippen molar-refractivity contribution >= 4 is 23.3 Å². The molecule has 0 aliphatic heterocycles. The topological polar surface area (TPSA) is 88.4 Å². The molecule has 7 nitrogen and oxygen atoms in total. The van der Waals surface area contributed by atoms with Gasteiger partial charge in [0.25, 0.3) is 5.91 Å². The molecule has 0 saturated carbocycles. The van der Waals surface area contributed by atoms with Gasteiger partial charge in [0.05, 0.1) is 12.2 Å². The number of hydrogen-bond acceptors (Lipinski definition) is 4. The number of nitrogens with zero attached hydrogens (tertiary/aromatic N) is 3. The number of hydrogen-bond donors (Lipinski definition) is 2. The maximum Gasteiger partial charge on any atom is 0.251 e. The molecule has 0 saturated heterocycles. The van der Waals surface area contributed by atoms with Crippen LogP contribution in [0.15, 0.2) is 73.2 Å². The largest absolute Gasteiger partial charge is 0.343 e. The summed E-state index contributed by atoms with van der Waals surface area (Å²) in [6, 6.07) is 16.4. The van der Waals surface area contributed by atoms with E-state index in [1.54, 1.807) is 30.5 Å². The summed E-state index contributed by atoms with van der Waals surface area (Å²) in [7, 11) is 0. The Balaban J connectivity index is 1.46. The van der Waals surface area contributed by atoms with Crippen LogP contribution in [0, 0.1) is 6.92 Å². The van der Waals surface area contributed by atoms with Crippen molar-refractivity contribution in [1.82, 2.24) is 19.7 Å². The van der Waals surface area contributed by atoms with Crippen molar-refractivity contribution in [2.75, 3.05) is 11.9 Å². The van der Waals surface area contributed by atoms with Gasteiger partial charge >= 0.3 is 0 Å². The zero-order valence-corrected chi connectivity index (χ0v) is 15.8. The lowest BCUT2D eigenvalue weighted by Gasteiger charge is -2.11. The molecule has 29 heavy (non-hydrogen) atoms. The third-order valence-corrected chi connectivity index (χ3v) is 4.49. The highest BCUT2D eigenvalue weighted by molar-refractivity contribution is 5.99. The Morgan fingerprint density at radius 3 is 2.69 bits per heavy atom. The Hall–Kier alpha value is -4.00. The lowest BCUT2D eigenvalue weighted by molar-refractivity contribution is -0.115. The van der Waals surface area contributed by atoms with Crippen LogP contribution in [0.3, 0.4) is 0 Å². The Morgan fingerprint density at radius 1 is 1.07 bits per heavy atom. The predicted molar refractivity (Wildman–Crippen MR) is 111 cm³/mol. The van der Waals surface area contributed by atoms with Crippen LogP contribution in [-0.4, -0.2) is 32.7 Å². The molecule has 7 heteroatoms. The first kappa shape index (κ1) is 18.4.